The Balaban J connectivity index is 2.13. The molecule has 3 heteroatoms. The number of anilines is 2. The minimum absolute atomic E-state index is 1.12. The molecule has 0 spiro atoms. The van der Waals surface area contributed by atoms with E-state index in [4.69, 9.17) is 0 Å². The van der Waals surface area contributed by atoms with Crippen LogP contribution in [0.15, 0.2) is 50.7 Å². The van der Waals surface area contributed by atoms with Crippen molar-refractivity contribution >= 4 is 39.1 Å². The molecule has 1 N–H and O–H groups in total. The van der Waals surface area contributed by atoms with Gasteiger partial charge in [0.15, 0.2) is 0 Å². The lowest BCUT2D eigenvalue weighted by Crippen LogP contribution is -2.01. The van der Waals surface area contributed by atoms with Crippen LogP contribution in [-0.4, -0.2) is 0 Å². The number of hydrogen-bond donors (Lipinski definition) is 1. The van der Waals surface area contributed by atoms with E-state index in [0.717, 1.165) is 4.47 Å². The molecule has 0 aromatic heterocycles. The van der Waals surface area contributed by atoms with Crippen molar-refractivity contribution in [2.24, 2.45) is 0 Å². The molecule has 0 amide bonds. The van der Waals surface area contributed by atoms with Crippen LogP contribution in [0.5, 0.6) is 0 Å². The molecule has 1 nitrogen and oxygen atoms in total. The van der Waals surface area contributed by atoms with Gasteiger partial charge < -0.3 is 5.32 Å². The molecule has 0 aliphatic carbocycles. The summed E-state index contributed by atoms with van der Waals surface area (Å²) >= 11 is 5.32. The summed E-state index contributed by atoms with van der Waals surface area (Å²) in [7, 11) is 0. The highest BCUT2D eigenvalue weighted by molar-refractivity contribution is 9.10. The highest BCUT2D eigenvalue weighted by Crippen LogP contribution is 2.45. The summed E-state index contributed by atoms with van der Waals surface area (Å²) in [5, 5.41) is 3.49. The van der Waals surface area contributed by atoms with Crippen molar-refractivity contribution in [3.8, 4) is 0 Å². The van der Waals surface area contributed by atoms with Gasteiger partial charge in [-0.25, -0.2) is 0 Å². The normalized spacial score (nSPS) is 12.6. The van der Waals surface area contributed by atoms with Gasteiger partial charge in [-0.1, -0.05) is 39.8 Å². The third-order valence-electron chi connectivity index (χ3n) is 2.66. The number of rotatable bonds is 0. The van der Waals surface area contributed by atoms with Gasteiger partial charge in [-0.3, -0.25) is 0 Å². The Labute approximate surface area is 107 Å². The van der Waals surface area contributed by atoms with E-state index in [0.29, 0.717) is 0 Å². The predicted octanol–water partition coefficient (Wildman–Crippen LogP) is 4.97. The van der Waals surface area contributed by atoms with Crippen molar-refractivity contribution in [3.05, 3.63) is 46.4 Å². The highest BCUT2D eigenvalue weighted by atomic mass is 79.9. The molecule has 0 fully saturated rings. The largest absolute Gasteiger partial charge is 0.353 e. The van der Waals surface area contributed by atoms with Gasteiger partial charge >= 0.3 is 0 Å². The van der Waals surface area contributed by atoms with E-state index in [1.54, 1.807) is 0 Å². The van der Waals surface area contributed by atoms with Crippen LogP contribution in [0.1, 0.15) is 5.56 Å². The van der Waals surface area contributed by atoms with Gasteiger partial charge in [-0.05, 0) is 36.8 Å². The number of para-hydroxylation sites is 1. The lowest BCUT2D eigenvalue weighted by atomic mass is 10.2. The maximum Gasteiger partial charge on any atom is 0.0556 e. The van der Waals surface area contributed by atoms with E-state index in [9.17, 15) is 0 Å². The molecule has 2 aromatic rings. The molecule has 0 atom stereocenters. The summed E-state index contributed by atoms with van der Waals surface area (Å²) in [5.74, 6) is 0. The van der Waals surface area contributed by atoms with Gasteiger partial charge in [0.05, 0.1) is 11.4 Å². The van der Waals surface area contributed by atoms with Gasteiger partial charge in [-0.15, -0.1) is 0 Å². The number of benzene rings is 2. The Bertz CT molecular complexity index is 566. The molecular formula is C13H10BrNS. The fourth-order valence-electron chi connectivity index (χ4n) is 1.82. The van der Waals surface area contributed by atoms with E-state index in [2.05, 4.69) is 64.6 Å². The van der Waals surface area contributed by atoms with E-state index in [-0.39, 0.29) is 0 Å². The molecular weight excluding hydrogens is 282 g/mol. The van der Waals surface area contributed by atoms with Crippen molar-refractivity contribution in [2.75, 3.05) is 5.32 Å². The Kier molecular flexibility index (Phi) is 2.45. The molecule has 1 aliphatic rings. The predicted molar refractivity (Wildman–Crippen MR) is 72.7 cm³/mol. The summed E-state index contributed by atoms with van der Waals surface area (Å²) in [6.07, 6.45) is 0. The molecule has 1 aliphatic heterocycles. The summed E-state index contributed by atoms with van der Waals surface area (Å²) in [6, 6.07) is 12.7. The zero-order valence-electron chi connectivity index (χ0n) is 8.75. The Morgan fingerprint density at radius 3 is 2.88 bits per heavy atom. The summed E-state index contributed by atoms with van der Waals surface area (Å²) in [6.45, 7) is 2.14. The van der Waals surface area contributed by atoms with Crippen LogP contribution in [0.25, 0.3) is 0 Å². The monoisotopic (exact) mass is 291 g/mol. The fourth-order valence-corrected chi connectivity index (χ4v) is 3.45. The first-order valence-corrected chi connectivity index (χ1v) is 6.69. The fraction of sp³-hybridized carbons (Fsp3) is 0.0769. The van der Waals surface area contributed by atoms with Gasteiger partial charge in [0, 0.05) is 14.3 Å². The van der Waals surface area contributed by atoms with Crippen LogP contribution >= 0.6 is 27.7 Å². The molecule has 3 rings (SSSR count). The van der Waals surface area contributed by atoms with Crippen LogP contribution in [-0.2, 0) is 0 Å². The third kappa shape index (κ3) is 1.64. The maximum absolute atomic E-state index is 3.50. The molecule has 2 aromatic carbocycles. The first kappa shape index (κ1) is 10.2. The molecule has 0 saturated carbocycles. The second-order valence-electron chi connectivity index (χ2n) is 3.82. The number of aryl methyl sites for hydroxylation is 1. The topological polar surface area (TPSA) is 12.0 Å². The number of hydrogen-bond acceptors (Lipinski definition) is 2. The van der Waals surface area contributed by atoms with E-state index >= 15 is 0 Å². The van der Waals surface area contributed by atoms with E-state index < -0.39 is 0 Å². The van der Waals surface area contributed by atoms with Crippen molar-refractivity contribution in [2.45, 2.75) is 16.7 Å². The number of halogens is 1. The number of fused-ring (bicyclic) bond motifs is 2. The van der Waals surface area contributed by atoms with Gasteiger partial charge in [0.2, 0.25) is 0 Å². The summed E-state index contributed by atoms with van der Waals surface area (Å²) in [5.41, 5.74) is 3.72. The zero-order valence-corrected chi connectivity index (χ0v) is 11.2. The Morgan fingerprint density at radius 2 is 2.00 bits per heavy atom. The summed E-state index contributed by atoms with van der Waals surface area (Å²) in [4.78, 5) is 2.57. The molecule has 16 heavy (non-hydrogen) atoms. The summed E-state index contributed by atoms with van der Waals surface area (Å²) < 4.78 is 1.12. The van der Waals surface area contributed by atoms with Crippen molar-refractivity contribution < 1.29 is 0 Å². The Hall–Kier alpha value is -0.930. The number of nitrogens with one attached hydrogen (secondary N) is 1. The van der Waals surface area contributed by atoms with Crippen LogP contribution in [0.2, 0.25) is 0 Å². The molecule has 1 heterocycles. The van der Waals surface area contributed by atoms with Crippen LogP contribution < -0.4 is 5.32 Å². The lowest BCUT2D eigenvalue weighted by molar-refractivity contribution is 1.27. The molecule has 0 unspecified atom stereocenters. The molecule has 0 radical (unpaired) electrons. The maximum atomic E-state index is 3.50. The van der Waals surface area contributed by atoms with Crippen molar-refractivity contribution in [3.63, 3.8) is 0 Å². The smallest absolute Gasteiger partial charge is 0.0556 e. The second-order valence-corrected chi connectivity index (χ2v) is 5.82. The molecule has 80 valence electrons. The third-order valence-corrected chi connectivity index (χ3v) is 4.27. The van der Waals surface area contributed by atoms with E-state index in [1.807, 2.05) is 11.8 Å². The average molecular weight is 292 g/mol. The van der Waals surface area contributed by atoms with E-state index in [1.165, 1.54) is 26.7 Å². The molecule has 0 bridgehead atoms. The average Bonchev–Trinajstić information content (AvgIpc) is 2.27. The standard InChI is InChI=1S/C13H10BrNS/c1-8-3-2-4-11-13(8)15-10-6-5-9(14)7-12(10)16-11/h2-7,15H,1H3. The highest BCUT2D eigenvalue weighted by Gasteiger charge is 2.16. The lowest BCUT2D eigenvalue weighted by Gasteiger charge is -2.22. The SMILES string of the molecule is Cc1cccc2c1Nc1ccc(Br)cc1S2. The van der Waals surface area contributed by atoms with Crippen LogP contribution in [0, 0.1) is 6.92 Å². The quantitative estimate of drug-likeness (QED) is 0.628. The Morgan fingerprint density at radius 1 is 1.12 bits per heavy atom. The van der Waals surface area contributed by atoms with Crippen molar-refractivity contribution in [1.29, 1.82) is 0 Å². The minimum Gasteiger partial charge on any atom is -0.353 e. The second kappa shape index (κ2) is 3.82. The first-order chi connectivity index (χ1) is 7.74. The van der Waals surface area contributed by atoms with Gasteiger partial charge in [0.1, 0.15) is 0 Å². The van der Waals surface area contributed by atoms with Gasteiger partial charge in [-0.2, -0.15) is 0 Å². The minimum atomic E-state index is 1.12. The van der Waals surface area contributed by atoms with Gasteiger partial charge in [0.25, 0.3) is 0 Å². The zero-order chi connectivity index (χ0) is 11.1. The van der Waals surface area contributed by atoms with Crippen LogP contribution in [0.4, 0.5) is 11.4 Å². The van der Waals surface area contributed by atoms with Crippen molar-refractivity contribution in [1.82, 2.24) is 0 Å². The molecule has 0 saturated heterocycles. The van der Waals surface area contributed by atoms with Crippen LogP contribution in [0.3, 0.4) is 0 Å². The first-order valence-electron chi connectivity index (χ1n) is 5.08.